The summed E-state index contributed by atoms with van der Waals surface area (Å²) in [4.78, 5) is 31.2. The summed E-state index contributed by atoms with van der Waals surface area (Å²) < 4.78 is 32.0. The van der Waals surface area contributed by atoms with Crippen LogP contribution in [0.25, 0.3) is 42.4 Å². The molecule has 1 aliphatic rings. The second kappa shape index (κ2) is 13.7. The Hall–Kier alpha value is -4.90. The number of hydrogen-bond acceptors (Lipinski definition) is 7. The fourth-order valence-corrected chi connectivity index (χ4v) is 8.59. The first-order valence-corrected chi connectivity index (χ1v) is 17.5. The van der Waals surface area contributed by atoms with Gasteiger partial charge in [0.15, 0.2) is 17.4 Å². The van der Waals surface area contributed by atoms with E-state index in [-0.39, 0.29) is 33.4 Å². The molecular formula is C38H32F2N4O2S2. The Labute approximate surface area is 285 Å². The molecule has 0 N–H and O–H groups in total. The summed E-state index contributed by atoms with van der Waals surface area (Å²) in [6.07, 6.45) is 8.06. The van der Waals surface area contributed by atoms with Gasteiger partial charge in [-0.2, -0.15) is 10.5 Å². The van der Waals surface area contributed by atoms with Gasteiger partial charge in [-0.25, -0.2) is 8.78 Å². The molecule has 6 nitrogen and oxygen atoms in total. The number of ketones is 1. The number of hydrogen-bond donors (Lipinski definition) is 0. The number of fused-ring (bicyclic) bond motifs is 4. The van der Waals surface area contributed by atoms with Crippen molar-refractivity contribution in [3.8, 4) is 22.6 Å². The number of aryl methyl sites for hydroxylation is 1. The van der Waals surface area contributed by atoms with E-state index in [1.54, 1.807) is 29.5 Å². The number of nitriles is 2. The maximum Gasteiger partial charge on any atom is 0.259 e. The molecule has 0 saturated carbocycles. The van der Waals surface area contributed by atoms with Gasteiger partial charge >= 0.3 is 0 Å². The van der Waals surface area contributed by atoms with E-state index >= 15 is 0 Å². The summed E-state index contributed by atoms with van der Waals surface area (Å²) in [5.41, 5.74) is 2.28. The van der Waals surface area contributed by atoms with Crippen molar-refractivity contribution in [2.75, 3.05) is 19.0 Å². The summed E-state index contributed by atoms with van der Waals surface area (Å²) >= 11 is 2.93. The van der Waals surface area contributed by atoms with E-state index in [1.165, 1.54) is 30.3 Å². The first kappa shape index (κ1) is 33.0. The molecule has 0 atom stereocenters. The van der Waals surface area contributed by atoms with Crippen molar-refractivity contribution < 1.29 is 13.6 Å². The van der Waals surface area contributed by atoms with E-state index in [2.05, 4.69) is 37.3 Å². The Kier molecular flexibility index (Phi) is 9.41. The number of carbonyl (C=O) groups excluding carboxylic acids is 1. The molecule has 0 unspecified atom stereocenters. The highest BCUT2D eigenvalue weighted by Crippen LogP contribution is 2.44. The standard InChI is InChI=1S/C38H32F2N4O2S2/c1-4-5-6-7-8-9-14-44-32-19-33(22-10-12-24(13-11-22)43(2)3)48-37(32)36-29(38(44)46)16-25(47-36)15-28-34(23(20-41)21-42)26-17-30(39)31(40)18-27(26)35(28)45/h10-13,15-19H,4-9,14H2,1-3H3/b28-15-. The molecule has 10 heteroatoms. The zero-order valence-corrected chi connectivity index (χ0v) is 28.5. The smallest absolute Gasteiger partial charge is 0.259 e. The Bertz CT molecular complexity index is 2280. The van der Waals surface area contributed by atoms with Crippen LogP contribution in [0.15, 0.2) is 64.5 Å². The van der Waals surface area contributed by atoms with Crippen molar-refractivity contribution in [2.45, 2.75) is 52.0 Å². The largest absolute Gasteiger partial charge is 0.378 e. The van der Waals surface area contributed by atoms with Gasteiger partial charge in [0, 0.05) is 52.8 Å². The van der Waals surface area contributed by atoms with Gasteiger partial charge in [-0.3, -0.25) is 9.59 Å². The highest BCUT2D eigenvalue weighted by atomic mass is 32.1. The third-order valence-corrected chi connectivity index (χ3v) is 11.1. The first-order chi connectivity index (χ1) is 23.2. The number of pyridine rings is 1. The normalized spacial score (nSPS) is 13.4. The van der Waals surface area contributed by atoms with Crippen molar-refractivity contribution in [3.05, 3.63) is 97.7 Å². The van der Waals surface area contributed by atoms with Crippen molar-refractivity contribution in [2.24, 2.45) is 0 Å². The molecule has 0 fully saturated rings. The van der Waals surface area contributed by atoms with Crippen LogP contribution in [-0.2, 0) is 6.54 Å². The fourth-order valence-electron chi connectivity index (χ4n) is 6.18. The molecule has 0 amide bonds. The lowest BCUT2D eigenvalue weighted by atomic mass is 9.99. The average Bonchev–Trinajstić information content (AvgIpc) is 3.77. The lowest BCUT2D eigenvalue weighted by Gasteiger charge is -2.12. The van der Waals surface area contributed by atoms with Gasteiger partial charge in [-0.05, 0) is 60.0 Å². The van der Waals surface area contributed by atoms with Crippen LogP contribution in [0.2, 0.25) is 0 Å². The van der Waals surface area contributed by atoms with Crippen molar-refractivity contribution in [1.29, 1.82) is 10.5 Å². The van der Waals surface area contributed by atoms with Crippen LogP contribution in [-0.4, -0.2) is 24.4 Å². The predicted molar refractivity (Wildman–Crippen MR) is 191 cm³/mol. The van der Waals surface area contributed by atoms with E-state index in [0.717, 1.165) is 68.9 Å². The van der Waals surface area contributed by atoms with Gasteiger partial charge < -0.3 is 9.47 Å². The average molecular weight is 679 g/mol. The Balaban J connectivity index is 1.50. The second-order valence-corrected chi connectivity index (χ2v) is 14.2. The molecule has 3 aromatic heterocycles. The molecule has 3 heterocycles. The molecule has 48 heavy (non-hydrogen) atoms. The Morgan fingerprint density at radius 2 is 1.54 bits per heavy atom. The molecule has 0 spiro atoms. The van der Waals surface area contributed by atoms with Gasteiger partial charge in [-0.1, -0.05) is 51.2 Å². The number of benzene rings is 2. The topological polar surface area (TPSA) is 89.9 Å². The quantitative estimate of drug-likeness (QED) is 0.0834. The third-order valence-electron chi connectivity index (χ3n) is 8.69. The third kappa shape index (κ3) is 5.98. The summed E-state index contributed by atoms with van der Waals surface area (Å²) in [6.45, 7) is 2.76. The van der Waals surface area contributed by atoms with Crippen molar-refractivity contribution in [3.63, 3.8) is 0 Å². The number of rotatable bonds is 10. The van der Waals surface area contributed by atoms with Crippen LogP contribution < -0.4 is 10.5 Å². The molecule has 2 aromatic carbocycles. The monoisotopic (exact) mass is 678 g/mol. The van der Waals surface area contributed by atoms with Gasteiger partial charge in [0.25, 0.3) is 5.56 Å². The number of allylic oxidation sites excluding steroid dienone is 3. The van der Waals surface area contributed by atoms with Gasteiger partial charge in [0.1, 0.15) is 17.7 Å². The van der Waals surface area contributed by atoms with E-state index in [9.17, 15) is 28.9 Å². The number of halogens is 2. The molecular weight excluding hydrogens is 647 g/mol. The Morgan fingerprint density at radius 1 is 0.875 bits per heavy atom. The molecule has 0 bridgehead atoms. The van der Waals surface area contributed by atoms with E-state index in [4.69, 9.17) is 0 Å². The Morgan fingerprint density at radius 3 is 2.21 bits per heavy atom. The number of unbranched alkanes of at least 4 members (excludes halogenated alkanes) is 5. The van der Waals surface area contributed by atoms with E-state index in [0.29, 0.717) is 16.8 Å². The maximum atomic E-state index is 14.3. The number of thiophene rings is 2. The highest BCUT2D eigenvalue weighted by molar-refractivity contribution is 7.29. The molecule has 242 valence electrons. The van der Waals surface area contributed by atoms with Crippen LogP contribution in [0, 0.1) is 34.3 Å². The zero-order chi connectivity index (χ0) is 34.1. The lowest BCUT2D eigenvalue weighted by Crippen LogP contribution is -2.19. The molecule has 6 rings (SSSR count). The molecule has 1 aliphatic carbocycles. The SMILES string of the molecule is CCCCCCCCn1c(=O)c2cc(/C=C3\C(=O)c4cc(F)c(F)cc4C3=C(C#N)C#N)sc2c2sc(-c3ccc(N(C)C)cc3)cc21. The van der Waals surface area contributed by atoms with Crippen LogP contribution >= 0.6 is 22.7 Å². The van der Waals surface area contributed by atoms with Gasteiger partial charge in [0.05, 0.1) is 20.3 Å². The minimum atomic E-state index is -1.20. The van der Waals surface area contributed by atoms with Crippen LogP contribution in [0.5, 0.6) is 0 Å². The number of aromatic nitrogens is 1. The number of nitrogens with zero attached hydrogens (tertiary/aromatic N) is 4. The van der Waals surface area contributed by atoms with Crippen LogP contribution in [0.4, 0.5) is 14.5 Å². The number of anilines is 1. The predicted octanol–water partition coefficient (Wildman–Crippen LogP) is 9.73. The lowest BCUT2D eigenvalue weighted by molar-refractivity contribution is 0.104. The van der Waals surface area contributed by atoms with Crippen molar-refractivity contribution in [1.82, 2.24) is 4.57 Å². The minimum Gasteiger partial charge on any atom is -0.378 e. The summed E-state index contributed by atoms with van der Waals surface area (Å²) in [7, 11) is 3.98. The van der Waals surface area contributed by atoms with E-state index in [1.807, 2.05) is 23.6 Å². The van der Waals surface area contributed by atoms with Crippen molar-refractivity contribution >= 4 is 66.1 Å². The molecule has 0 saturated heterocycles. The highest BCUT2D eigenvalue weighted by Gasteiger charge is 2.34. The maximum absolute atomic E-state index is 14.3. The fraction of sp³-hybridized carbons (Fsp3) is 0.263. The van der Waals surface area contributed by atoms with Crippen LogP contribution in [0.3, 0.4) is 0 Å². The van der Waals surface area contributed by atoms with Gasteiger partial charge in [0.2, 0.25) is 0 Å². The number of Topliss-reactive ketones (excluding diaryl/α,β-unsaturated/α-hetero) is 1. The molecule has 5 aromatic rings. The van der Waals surface area contributed by atoms with Crippen LogP contribution in [0.1, 0.15) is 66.2 Å². The second-order valence-electron chi connectivity index (χ2n) is 12.1. The minimum absolute atomic E-state index is 0.00349. The van der Waals surface area contributed by atoms with Gasteiger partial charge in [-0.15, -0.1) is 22.7 Å². The van der Waals surface area contributed by atoms with E-state index < -0.39 is 17.4 Å². The number of carbonyl (C=O) groups is 1. The molecule has 0 aliphatic heterocycles. The zero-order valence-electron chi connectivity index (χ0n) is 26.8. The summed E-state index contributed by atoms with van der Waals surface area (Å²) in [5, 5.41) is 19.9. The molecule has 0 radical (unpaired) electrons. The first-order valence-electron chi connectivity index (χ1n) is 15.8. The summed E-state index contributed by atoms with van der Waals surface area (Å²) in [6, 6.07) is 17.3. The summed E-state index contributed by atoms with van der Waals surface area (Å²) in [5.74, 6) is -3.00.